The average molecular weight is 279 g/mol. The topological polar surface area (TPSA) is 82.5 Å². The summed E-state index contributed by atoms with van der Waals surface area (Å²) in [5.74, 6) is -1.04. The van der Waals surface area contributed by atoms with E-state index in [1.807, 2.05) is 19.1 Å². The summed E-state index contributed by atoms with van der Waals surface area (Å²) in [6.45, 7) is 6.84. The number of hydrogen-bond acceptors (Lipinski definition) is 3. The third kappa shape index (κ3) is 4.53. The lowest BCUT2D eigenvalue weighted by Crippen LogP contribution is -2.52. The molecule has 2 amide bonds. The molecule has 0 saturated heterocycles. The zero-order valence-electron chi connectivity index (χ0n) is 12.3. The van der Waals surface area contributed by atoms with Gasteiger partial charge in [0.2, 0.25) is 0 Å². The van der Waals surface area contributed by atoms with Gasteiger partial charge in [-0.2, -0.15) is 0 Å². The van der Waals surface area contributed by atoms with Gasteiger partial charge in [-0.05, 0) is 39.8 Å². The molecule has 6 heteroatoms. The van der Waals surface area contributed by atoms with Crippen LogP contribution in [0, 0.1) is 0 Å². The van der Waals surface area contributed by atoms with Gasteiger partial charge in [-0.1, -0.05) is 6.07 Å². The van der Waals surface area contributed by atoms with E-state index in [0.717, 1.165) is 5.69 Å². The molecular formula is C14H21N3O3. The van der Waals surface area contributed by atoms with E-state index in [0.29, 0.717) is 0 Å². The molecule has 0 aliphatic rings. The monoisotopic (exact) mass is 279 g/mol. The molecule has 0 aromatic carbocycles. The first-order chi connectivity index (χ1) is 9.21. The molecule has 1 atom stereocenters. The van der Waals surface area contributed by atoms with Crippen molar-refractivity contribution in [2.45, 2.75) is 39.3 Å². The number of aromatic nitrogens is 1. The van der Waals surface area contributed by atoms with E-state index in [9.17, 15) is 9.59 Å². The Bertz CT molecular complexity index is 468. The largest absolute Gasteiger partial charge is 0.480 e. The maximum absolute atomic E-state index is 12.2. The summed E-state index contributed by atoms with van der Waals surface area (Å²) in [4.78, 5) is 28.6. The van der Waals surface area contributed by atoms with Crippen molar-refractivity contribution in [3.05, 3.63) is 30.1 Å². The van der Waals surface area contributed by atoms with E-state index >= 15 is 0 Å². The molecule has 6 nitrogen and oxygen atoms in total. The van der Waals surface area contributed by atoms with Gasteiger partial charge in [-0.15, -0.1) is 0 Å². The van der Waals surface area contributed by atoms with Gasteiger partial charge < -0.3 is 15.3 Å². The molecule has 20 heavy (non-hydrogen) atoms. The molecule has 1 rings (SSSR count). The molecule has 1 aromatic heterocycles. The fraction of sp³-hybridized carbons (Fsp3) is 0.500. The summed E-state index contributed by atoms with van der Waals surface area (Å²) in [6, 6.07) is 4.73. The quantitative estimate of drug-likeness (QED) is 0.883. The van der Waals surface area contributed by atoms with Crippen molar-refractivity contribution in [1.29, 1.82) is 0 Å². The lowest BCUT2D eigenvalue weighted by atomic mass is 10.1. The summed E-state index contributed by atoms with van der Waals surface area (Å²) < 4.78 is 0. The van der Waals surface area contributed by atoms with Crippen LogP contribution in [0.1, 0.15) is 39.4 Å². The molecule has 0 aliphatic heterocycles. The number of carboxylic acid groups (broad SMARTS) is 1. The summed E-state index contributed by atoms with van der Waals surface area (Å²) >= 11 is 0. The summed E-state index contributed by atoms with van der Waals surface area (Å²) in [6.07, 6.45) is 1.65. The Morgan fingerprint density at radius 2 is 2.05 bits per heavy atom. The molecule has 0 spiro atoms. The Kier molecular flexibility index (Phi) is 5.07. The molecule has 0 bridgehead atoms. The predicted molar refractivity (Wildman–Crippen MR) is 75.3 cm³/mol. The molecule has 2 N–H and O–H groups in total. The number of urea groups is 1. The number of nitrogens with zero attached hydrogens (tertiary/aromatic N) is 2. The van der Waals surface area contributed by atoms with Gasteiger partial charge in [0, 0.05) is 11.7 Å². The van der Waals surface area contributed by atoms with Crippen LogP contribution in [0.3, 0.4) is 0 Å². The van der Waals surface area contributed by atoms with Crippen LogP contribution in [0.2, 0.25) is 0 Å². The van der Waals surface area contributed by atoms with Gasteiger partial charge in [0.25, 0.3) is 0 Å². The van der Waals surface area contributed by atoms with Gasteiger partial charge in [-0.25, -0.2) is 4.79 Å². The number of carboxylic acids is 1. The number of amides is 2. The maximum Gasteiger partial charge on any atom is 0.323 e. The lowest BCUT2D eigenvalue weighted by Gasteiger charge is -2.35. The first-order valence-electron chi connectivity index (χ1n) is 6.42. The maximum atomic E-state index is 12.2. The van der Waals surface area contributed by atoms with Crippen molar-refractivity contribution >= 4 is 12.0 Å². The first kappa shape index (κ1) is 15.9. The summed E-state index contributed by atoms with van der Waals surface area (Å²) in [5, 5.41) is 11.7. The normalized spacial score (nSPS) is 12.6. The van der Waals surface area contributed by atoms with E-state index in [1.165, 1.54) is 4.90 Å². The van der Waals surface area contributed by atoms with E-state index in [-0.39, 0.29) is 12.6 Å². The second kappa shape index (κ2) is 6.36. The van der Waals surface area contributed by atoms with Crippen LogP contribution in [0.5, 0.6) is 0 Å². The number of rotatable bonds is 4. The van der Waals surface area contributed by atoms with Crippen molar-refractivity contribution in [2.24, 2.45) is 0 Å². The van der Waals surface area contributed by atoms with Crippen LogP contribution >= 0.6 is 0 Å². The molecule has 0 saturated carbocycles. The van der Waals surface area contributed by atoms with Crippen LogP contribution in [0.25, 0.3) is 0 Å². The van der Waals surface area contributed by atoms with Crippen molar-refractivity contribution < 1.29 is 14.7 Å². The molecule has 0 fully saturated rings. The Morgan fingerprint density at radius 1 is 1.40 bits per heavy atom. The number of pyridine rings is 1. The number of carbonyl (C=O) groups excluding carboxylic acids is 1. The Hall–Kier alpha value is -2.11. The highest BCUT2D eigenvalue weighted by Crippen LogP contribution is 2.15. The van der Waals surface area contributed by atoms with E-state index < -0.39 is 17.5 Å². The van der Waals surface area contributed by atoms with E-state index in [2.05, 4.69) is 10.3 Å². The fourth-order valence-electron chi connectivity index (χ4n) is 1.72. The van der Waals surface area contributed by atoms with Crippen molar-refractivity contribution in [1.82, 2.24) is 15.2 Å². The zero-order valence-corrected chi connectivity index (χ0v) is 12.3. The second-order valence-corrected chi connectivity index (χ2v) is 5.58. The minimum absolute atomic E-state index is 0.289. The first-order valence-corrected chi connectivity index (χ1v) is 6.42. The van der Waals surface area contributed by atoms with Gasteiger partial charge in [-0.3, -0.25) is 9.78 Å². The van der Waals surface area contributed by atoms with Gasteiger partial charge in [0.1, 0.15) is 6.54 Å². The number of aliphatic carboxylic acids is 1. The Balaban J connectivity index is 2.79. The van der Waals surface area contributed by atoms with Crippen molar-refractivity contribution in [3.63, 3.8) is 0 Å². The van der Waals surface area contributed by atoms with Crippen LogP contribution in [0.15, 0.2) is 24.4 Å². The third-order valence-corrected chi connectivity index (χ3v) is 2.82. The minimum atomic E-state index is -1.04. The highest BCUT2D eigenvalue weighted by molar-refractivity contribution is 5.81. The smallest absolute Gasteiger partial charge is 0.323 e. The SMILES string of the molecule is CC(NC(=O)N(CC(=O)O)C(C)(C)C)c1ccccn1. The second-order valence-electron chi connectivity index (χ2n) is 5.58. The number of carbonyl (C=O) groups is 2. The van der Waals surface area contributed by atoms with Gasteiger partial charge in [0.15, 0.2) is 0 Å². The zero-order chi connectivity index (χ0) is 15.3. The lowest BCUT2D eigenvalue weighted by molar-refractivity contribution is -0.138. The molecule has 0 radical (unpaired) electrons. The Labute approximate surface area is 118 Å². The fourth-order valence-corrected chi connectivity index (χ4v) is 1.72. The summed E-state index contributed by atoms with van der Waals surface area (Å²) in [7, 11) is 0. The highest BCUT2D eigenvalue weighted by Gasteiger charge is 2.29. The third-order valence-electron chi connectivity index (χ3n) is 2.82. The van der Waals surface area contributed by atoms with Crippen LogP contribution in [-0.2, 0) is 4.79 Å². The molecule has 1 heterocycles. The number of nitrogens with one attached hydrogen (secondary N) is 1. The summed E-state index contributed by atoms with van der Waals surface area (Å²) in [5.41, 5.74) is 0.150. The molecule has 1 aromatic rings. The van der Waals surface area contributed by atoms with Crippen LogP contribution < -0.4 is 5.32 Å². The van der Waals surface area contributed by atoms with Crippen LogP contribution in [0.4, 0.5) is 4.79 Å². The van der Waals surface area contributed by atoms with E-state index in [1.54, 1.807) is 33.0 Å². The molecule has 110 valence electrons. The minimum Gasteiger partial charge on any atom is -0.480 e. The molecule has 1 unspecified atom stereocenters. The number of hydrogen-bond donors (Lipinski definition) is 2. The van der Waals surface area contributed by atoms with Gasteiger partial charge in [0.05, 0.1) is 11.7 Å². The molecular weight excluding hydrogens is 258 g/mol. The average Bonchev–Trinajstić information content (AvgIpc) is 2.35. The van der Waals surface area contributed by atoms with E-state index in [4.69, 9.17) is 5.11 Å². The molecule has 0 aliphatic carbocycles. The standard InChI is InChI=1S/C14H21N3O3/c1-10(11-7-5-6-8-15-11)16-13(20)17(9-12(18)19)14(2,3)4/h5-8,10H,9H2,1-4H3,(H,16,20)(H,18,19). The highest BCUT2D eigenvalue weighted by atomic mass is 16.4. The van der Waals surface area contributed by atoms with Gasteiger partial charge >= 0.3 is 12.0 Å². The van der Waals surface area contributed by atoms with Crippen molar-refractivity contribution in [3.8, 4) is 0 Å². The predicted octanol–water partition coefficient (Wildman–Crippen LogP) is 2.04. The van der Waals surface area contributed by atoms with Crippen molar-refractivity contribution in [2.75, 3.05) is 6.54 Å². The Morgan fingerprint density at radius 3 is 2.50 bits per heavy atom. The van der Waals surface area contributed by atoms with Crippen LogP contribution in [-0.4, -0.2) is 39.1 Å².